The summed E-state index contributed by atoms with van der Waals surface area (Å²) < 4.78 is 5.77. The van der Waals surface area contributed by atoms with E-state index < -0.39 is 5.97 Å². The van der Waals surface area contributed by atoms with Gasteiger partial charge in [0.05, 0.1) is 7.11 Å². The van der Waals surface area contributed by atoms with Gasteiger partial charge in [-0.1, -0.05) is 11.6 Å². The number of carbonyl (C=O) groups excluding carboxylic acids is 1. The van der Waals surface area contributed by atoms with Crippen LogP contribution in [0.3, 0.4) is 0 Å². The Kier molecular flexibility index (Phi) is 2.28. The first-order valence-corrected chi connectivity index (χ1v) is 4.48. The molecule has 6 nitrogen and oxygen atoms in total. The Balaban J connectivity index is 2.65. The van der Waals surface area contributed by atoms with Crippen LogP contribution in [-0.2, 0) is 4.74 Å². The normalized spacial score (nSPS) is 10.6. The van der Waals surface area contributed by atoms with Gasteiger partial charge in [-0.25, -0.2) is 9.78 Å². The van der Waals surface area contributed by atoms with Crippen LogP contribution in [0.4, 0.5) is 0 Å². The van der Waals surface area contributed by atoms with E-state index in [4.69, 9.17) is 11.6 Å². The first kappa shape index (κ1) is 9.85. The summed E-state index contributed by atoms with van der Waals surface area (Å²) in [5.41, 5.74) is 0.705. The van der Waals surface area contributed by atoms with Crippen molar-refractivity contribution in [3.05, 3.63) is 22.7 Å². The van der Waals surface area contributed by atoms with Crippen LogP contribution in [0.5, 0.6) is 0 Å². The highest BCUT2D eigenvalue weighted by Gasteiger charge is 2.15. The number of halogens is 1. The monoisotopic (exact) mass is 226 g/mol. The fourth-order valence-electron chi connectivity index (χ4n) is 1.12. The molecule has 0 amide bonds. The second kappa shape index (κ2) is 3.47. The predicted molar refractivity (Wildman–Crippen MR) is 51.9 cm³/mol. The van der Waals surface area contributed by atoms with Gasteiger partial charge in [-0.3, -0.25) is 0 Å². The van der Waals surface area contributed by atoms with Gasteiger partial charge in [-0.05, 0) is 13.0 Å². The third-order valence-corrected chi connectivity index (χ3v) is 2.03. The van der Waals surface area contributed by atoms with Crippen molar-refractivity contribution in [1.82, 2.24) is 19.6 Å². The van der Waals surface area contributed by atoms with E-state index in [-0.39, 0.29) is 11.6 Å². The molecule has 78 valence electrons. The number of rotatable bonds is 1. The van der Waals surface area contributed by atoms with E-state index >= 15 is 0 Å². The Morgan fingerprint density at radius 2 is 2.27 bits per heavy atom. The van der Waals surface area contributed by atoms with Crippen LogP contribution in [0.1, 0.15) is 16.3 Å². The van der Waals surface area contributed by atoms with Gasteiger partial charge >= 0.3 is 5.97 Å². The van der Waals surface area contributed by atoms with Crippen molar-refractivity contribution < 1.29 is 9.53 Å². The van der Waals surface area contributed by atoms with Crippen molar-refractivity contribution >= 4 is 23.3 Å². The average molecular weight is 227 g/mol. The van der Waals surface area contributed by atoms with E-state index in [1.165, 1.54) is 11.6 Å². The molecule has 7 heteroatoms. The fourth-order valence-corrected chi connectivity index (χ4v) is 1.39. The molecule has 0 unspecified atom stereocenters. The number of esters is 1. The molecule has 0 aliphatic rings. The first-order chi connectivity index (χ1) is 7.11. The summed E-state index contributed by atoms with van der Waals surface area (Å²) in [6.45, 7) is 1.78. The summed E-state index contributed by atoms with van der Waals surface area (Å²) >= 11 is 5.89. The molecule has 0 saturated carbocycles. The molecule has 2 heterocycles. The van der Waals surface area contributed by atoms with Crippen LogP contribution in [0.2, 0.25) is 5.15 Å². The van der Waals surface area contributed by atoms with Crippen molar-refractivity contribution in [1.29, 1.82) is 0 Å². The SMILES string of the molecule is COC(=O)c1nc2nc(C)cc(Cl)n2n1. The Morgan fingerprint density at radius 1 is 1.53 bits per heavy atom. The van der Waals surface area contributed by atoms with Gasteiger partial charge in [0, 0.05) is 5.69 Å². The molecule has 2 aromatic heterocycles. The largest absolute Gasteiger partial charge is 0.463 e. The van der Waals surface area contributed by atoms with Gasteiger partial charge in [-0.2, -0.15) is 9.50 Å². The van der Waals surface area contributed by atoms with E-state index in [1.54, 1.807) is 13.0 Å². The zero-order valence-corrected chi connectivity index (χ0v) is 8.82. The quantitative estimate of drug-likeness (QED) is 0.533. The number of hydrogen-bond donors (Lipinski definition) is 0. The second-order valence-electron chi connectivity index (χ2n) is 2.86. The van der Waals surface area contributed by atoms with Gasteiger partial charge in [-0.15, -0.1) is 5.10 Å². The van der Waals surface area contributed by atoms with Crippen molar-refractivity contribution in [3.63, 3.8) is 0 Å². The molecule has 2 aromatic rings. The minimum Gasteiger partial charge on any atom is -0.463 e. The van der Waals surface area contributed by atoms with Crippen LogP contribution >= 0.6 is 11.6 Å². The van der Waals surface area contributed by atoms with Crippen LogP contribution in [-0.4, -0.2) is 32.7 Å². The maximum atomic E-state index is 11.1. The van der Waals surface area contributed by atoms with Gasteiger partial charge in [0.1, 0.15) is 5.15 Å². The molecule has 0 aliphatic heterocycles. The van der Waals surface area contributed by atoms with E-state index in [0.29, 0.717) is 10.8 Å². The van der Waals surface area contributed by atoms with Crippen LogP contribution < -0.4 is 0 Å². The highest BCUT2D eigenvalue weighted by molar-refractivity contribution is 6.29. The number of aromatic nitrogens is 4. The lowest BCUT2D eigenvalue weighted by atomic mass is 10.5. The van der Waals surface area contributed by atoms with Gasteiger partial charge in [0.15, 0.2) is 0 Å². The molecule has 0 aliphatic carbocycles. The molecule has 0 radical (unpaired) electrons. The van der Waals surface area contributed by atoms with Crippen LogP contribution in [0.25, 0.3) is 5.78 Å². The van der Waals surface area contributed by atoms with E-state index in [9.17, 15) is 4.79 Å². The summed E-state index contributed by atoms with van der Waals surface area (Å²) in [6, 6.07) is 1.63. The Bertz CT molecular complexity index is 537. The summed E-state index contributed by atoms with van der Waals surface area (Å²) in [4.78, 5) is 19.1. The summed E-state index contributed by atoms with van der Waals surface area (Å²) in [7, 11) is 1.26. The van der Waals surface area contributed by atoms with Crippen molar-refractivity contribution in [2.45, 2.75) is 6.92 Å². The smallest absolute Gasteiger partial charge is 0.378 e. The molecule has 2 rings (SSSR count). The predicted octanol–water partition coefficient (Wildman–Crippen LogP) is 0.873. The zero-order valence-electron chi connectivity index (χ0n) is 8.06. The summed E-state index contributed by atoms with van der Waals surface area (Å²) in [6.07, 6.45) is 0. The second-order valence-corrected chi connectivity index (χ2v) is 3.25. The maximum Gasteiger partial charge on any atom is 0.378 e. The average Bonchev–Trinajstić information content (AvgIpc) is 2.60. The minimum atomic E-state index is -0.616. The highest BCUT2D eigenvalue weighted by atomic mass is 35.5. The highest BCUT2D eigenvalue weighted by Crippen LogP contribution is 2.11. The molecule has 0 N–H and O–H groups in total. The lowest BCUT2D eigenvalue weighted by Gasteiger charge is -1.95. The Labute approximate surface area is 89.9 Å². The van der Waals surface area contributed by atoms with Gasteiger partial charge < -0.3 is 4.74 Å². The molecule has 0 spiro atoms. The molecule has 0 bridgehead atoms. The van der Waals surface area contributed by atoms with Crippen LogP contribution in [0, 0.1) is 6.92 Å². The topological polar surface area (TPSA) is 69.4 Å². The van der Waals surface area contributed by atoms with Crippen molar-refractivity contribution in [2.75, 3.05) is 7.11 Å². The molecular formula is C8H7ClN4O2. The zero-order chi connectivity index (χ0) is 11.0. The fraction of sp³-hybridized carbons (Fsp3) is 0.250. The number of carbonyl (C=O) groups is 1. The van der Waals surface area contributed by atoms with E-state index in [2.05, 4.69) is 19.8 Å². The number of fused-ring (bicyclic) bond motifs is 1. The van der Waals surface area contributed by atoms with Crippen LogP contribution in [0.15, 0.2) is 6.07 Å². The number of hydrogen-bond acceptors (Lipinski definition) is 5. The molecule has 15 heavy (non-hydrogen) atoms. The third-order valence-electron chi connectivity index (χ3n) is 1.76. The Morgan fingerprint density at radius 3 is 2.93 bits per heavy atom. The van der Waals surface area contributed by atoms with Gasteiger partial charge in [0.2, 0.25) is 0 Å². The Hall–Kier alpha value is -1.69. The summed E-state index contributed by atoms with van der Waals surface area (Å²) in [5.74, 6) is -0.396. The van der Waals surface area contributed by atoms with Crippen molar-refractivity contribution in [3.8, 4) is 0 Å². The molecule has 0 atom stereocenters. The van der Waals surface area contributed by atoms with E-state index in [0.717, 1.165) is 0 Å². The molecule has 0 saturated heterocycles. The van der Waals surface area contributed by atoms with E-state index in [1.807, 2.05) is 0 Å². The first-order valence-electron chi connectivity index (χ1n) is 4.10. The lowest BCUT2D eigenvalue weighted by Crippen LogP contribution is -2.03. The molecule has 0 fully saturated rings. The van der Waals surface area contributed by atoms with Crippen molar-refractivity contribution in [2.24, 2.45) is 0 Å². The van der Waals surface area contributed by atoms with Gasteiger partial charge in [0.25, 0.3) is 11.6 Å². The standard InChI is InChI=1S/C8H7ClN4O2/c1-4-3-5(9)13-8(10-4)11-6(12-13)7(14)15-2/h3H,1-2H3. The third kappa shape index (κ3) is 1.63. The number of nitrogens with zero attached hydrogens (tertiary/aromatic N) is 4. The number of aryl methyl sites for hydroxylation is 1. The summed E-state index contributed by atoms with van der Waals surface area (Å²) in [5, 5.41) is 4.21. The maximum absolute atomic E-state index is 11.1. The number of methoxy groups -OCH3 is 1. The molecular weight excluding hydrogens is 220 g/mol. The number of ether oxygens (including phenoxy) is 1. The minimum absolute atomic E-state index is 0.0579. The molecule has 0 aromatic carbocycles. The lowest BCUT2D eigenvalue weighted by molar-refractivity contribution is 0.0587.